The third-order valence-electron chi connectivity index (χ3n) is 6.22. The van der Waals surface area contributed by atoms with Crippen LogP contribution >= 0.6 is 0 Å². The van der Waals surface area contributed by atoms with E-state index in [1.165, 1.54) is 55.0 Å². The van der Waals surface area contributed by atoms with Crippen molar-refractivity contribution in [1.82, 2.24) is 24.6 Å². The van der Waals surface area contributed by atoms with Crippen LogP contribution in [0.4, 0.5) is 0 Å². The molecule has 3 aliphatic rings. The standard InChI is InChI=1S/C21H31N5/c1-4-26-17(3)21(16(2)23-26)15-25-13-19-7-8-20(25)14-24(12-19)11-18-6-5-9-22-10-18/h5-6,9-10,19-20H,4,7-8,11-15H2,1-3H3/t19-,20+/m0/s1. The van der Waals surface area contributed by atoms with Crippen LogP contribution in [0.2, 0.25) is 0 Å². The normalized spacial score (nSPS) is 24.1. The molecule has 5 heteroatoms. The molecule has 3 saturated heterocycles. The van der Waals surface area contributed by atoms with E-state index >= 15 is 0 Å². The maximum Gasteiger partial charge on any atom is 0.0641 e. The van der Waals surface area contributed by atoms with Crippen molar-refractivity contribution in [1.29, 1.82) is 0 Å². The summed E-state index contributed by atoms with van der Waals surface area (Å²) >= 11 is 0. The Bertz CT molecular complexity index is 738. The smallest absolute Gasteiger partial charge is 0.0641 e. The Balaban J connectivity index is 1.48. The van der Waals surface area contributed by atoms with E-state index in [2.05, 4.69) is 46.3 Å². The molecule has 0 N–H and O–H groups in total. The SMILES string of the molecule is CCn1nc(C)c(CN2C[C@H]3CC[C@@H]2CN(Cc2cccnc2)C3)c1C. The molecule has 2 atom stereocenters. The molecular formula is C21H31N5. The molecule has 26 heavy (non-hydrogen) atoms. The Morgan fingerprint density at radius 1 is 1.12 bits per heavy atom. The molecule has 0 spiro atoms. The summed E-state index contributed by atoms with van der Waals surface area (Å²) in [7, 11) is 0. The zero-order chi connectivity index (χ0) is 18.1. The van der Waals surface area contributed by atoms with Gasteiger partial charge in [0.25, 0.3) is 0 Å². The molecular weight excluding hydrogens is 322 g/mol. The van der Waals surface area contributed by atoms with Crippen LogP contribution in [0.25, 0.3) is 0 Å². The summed E-state index contributed by atoms with van der Waals surface area (Å²) in [4.78, 5) is 9.66. The van der Waals surface area contributed by atoms with E-state index in [9.17, 15) is 0 Å². The second kappa shape index (κ2) is 7.49. The van der Waals surface area contributed by atoms with Gasteiger partial charge in [-0.05, 0) is 51.2 Å². The first kappa shape index (κ1) is 17.7. The number of pyridine rings is 1. The summed E-state index contributed by atoms with van der Waals surface area (Å²) in [6, 6.07) is 4.91. The van der Waals surface area contributed by atoms with Crippen LogP contribution in [0, 0.1) is 19.8 Å². The average Bonchev–Trinajstić information content (AvgIpc) is 2.81. The lowest BCUT2D eigenvalue weighted by atomic mass is 9.94. The summed E-state index contributed by atoms with van der Waals surface area (Å²) in [6.45, 7) is 13.2. The number of hydrogen-bond donors (Lipinski definition) is 0. The van der Waals surface area contributed by atoms with Crippen molar-refractivity contribution in [2.24, 2.45) is 5.92 Å². The second-order valence-electron chi connectivity index (χ2n) is 8.05. The summed E-state index contributed by atoms with van der Waals surface area (Å²) < 4.78 is 2.15. The van der Waals surface area contributed by atoms with Gasteiger partial charge in [0.1, 0.15) is 0 Å². The van der Waals surface area contributed by atoms with Crippen molar-refractivity contribution < 1.29 is 0 Å². The van der Waals surface area contributed by atoms with Crippen LogP contribution in [0.15, 0.2) is 24.5 Å². The van der Waals surface area contributed by atoms with Gasteiger partial charge in [0.2, 0.25) is 0 Å². The predicted molar refractivity (Wildman–Crippen MR) is 104 cm³/mol. The third kappa shape index (κ3) is 3.55. The number of rotatable bonds is 5. The zero-order valence-electron chi connectivity index (χ0n) is 16.4. The van der Waals surface area contributed by atoms with Crippen LogP contribution in [0.3, 0.4) is 0 Å². The lowest BCUT2D eigenvalue weighted by Crippen LogP contribution is -2.43. The Morgan fingerprint density at radius 3 is 2.73 bits per heavy atom. The van der Waals surface area contributed by atoms with Gasteiger partial charge in [-0.2, -0.15) is 5.10 Å². The number of piperidine rings is 1. The van der Waals surface area contributed by atoms with E-state index in [4.69, 9.17) is 5.10 Å². The molecule has 140 valence electrons. The van der Waals surface area contributed by atoms with Gasteiger partial charge in [-0.3, -0.25) is 19.5 Å². The molecule has 5 nitrogen and oxygen atoms in total. The van der Waals surface area contributed by atoms with Crippen molar-refractivity contribution in [2.75, 3.05) is 19.6 Å². The number of nitrogens with zero attached hydrogens (tertiary/aromatic N) is 5. The molecule has 0 aromatic carbocycles. The van der Waals surface area contributed by atoms with Gasteiger partial charge in [0, 0.05) is 69.0 Å². The monoisotopic (exact) mass is 353 g/mol. The van der Waals surface area contributed by atoms with E-state index in [-0.39, 0.29) is 0 Å². The molecule has 5 rings (SSSR count). The predicted octanol–water partition coefficient (Wildman–Crippen LogP) is 3.01. The Kier molecular flexibility index (Phi) is 5.09. The summed E-state index contributed by atoms with van der Waals surface area (Å²) in [5.41, 5.74) is 5.32. The van der Waals surface area contributed by atoms with Crippen LogP contribution in [-0.4, -0.2) is 50.2 Å². The highest BCUT2D eigenvalue weighted by atomic mass is 15.3. The van der Waals surface area contributed by atoms with E-state index in [1.54, 1.807) is 0 Å². The second-order valence-corrected chi connectivity index (χ2v) is 8.05. The minimum absolute atomic E-state index is 0.661. The third-order valence-corrected chi connectivity index (χ3v) is 6.22. The van der Waals surface area contributed by atoms with Crippen molar-refractivity contribution in [2.45, 2.75) is 59.3 Å². The molecule has 3 fully saturated rings. The molecule has 2 aromatic heterocycles. The maximum absolute atomic E-state index is 4.72. The first-order chi connectivity index (χ1) is 12.6. The number of fused-ring (bicyclic) bond motifs is 4. The quantitative estimate of drug-likeness (QED) is 0.828. The van der Waals surface area contributed by atoms with E-state index in [0.717, 1.165) is 25.6 Å². The highest BCUT2D eigenvalue weighted by Crippen LogP contribution is 2.30. The van der Waals surface area contributed by atoms with E-state index < -0.39 is 0 Å². The summed E-state index contributed by atoms with van der Waals surface area (Å²) in [5, 5.41) is 4.72. The molecule has 2 aromatic rings. The van der Waals surface area contributed by atoms with Crippen LogP contribution < -0.4 is 0 Å². The van der Waals surface area contributed by atoms with Crippen LogP contribution in [0.5, 0.6) is 0 Å². The van der Waals surface area contributed by atoms with E-state index in [0.29, 0.717) is 6.04 Å². The van der Waals surface area contributed by atoms with Crippen molar-refractivity contribution >= 4 is 0 Å². The van der Waals surface area contributed by atoms with Gasteiger partial charge in [-0.1, -0.05) is 6.07 Å². The average molecular weight is 354 g/mol. The first-order valence-corrected chi connectivity index (χ1v) is 10.0. The van der Waals surface area contributed by atoms with E-state index in [1.807, 2.05) is 18.5 Å². The van der Waals surface area contributed by atoms with Gasteiger partial charge in [-0.15, -0.1) is 0 Å². The topological polar surface area (TPSA) is 37.2 Å². The molecule has 0 saturated carbocycles. The fraction of sp³-hybridized carbons (Fsp3) is 0.619. The Hall–Kier alpha value is -1.72. The van der Waals surface area contributed by atoms with Gasteiger partial charge in [0.15, 0.2) is 0 Å². The highest BCUT2D eigenvalue weighted by Gasteiger charge is 2.35. The lowest BCUT2D eigenvalue weighted by molar-refractivity contribution is 0.122. The van der Waals surface area contributed by atoms with Crippen molar-refractivity contribution in [3.63, 3.8) is 0 Å². The fourth-order valence-electron chi connectivity index (χ4n) is 4.82. The van der Waals surface area contributed by atoms with Crippen LogP contribution in [0.1, 0.15) is 42.3 Å². The Morgan fingerprint density at radius 2 is 2.00 bits per heavy atom. The van der Waals surface area contributed by atoms with Crippen molar-refractivity contribution in [3.05, 3.63) is 47.0 Å². The zero-order valence-corrected chi connectivity index (χ0v) is 16.4. The minimum Gasteiger partial charge on any atom is -0.297 e. The number of aromatic nitrogens is 3. The van der Waals surface area contributed by atoms with Gasteiger partial charge >= 0.3 is 0 Å². The molecule has 0 unspecified atom stereocenters. The first-order valence-electron chi connectivity index (χ1n) is 10.0. The van der Waals surface area contributed by atoms with Crippen molar-refractivity contribution in [3.8, 4) is 0 Å². The molecule has 5 heterocycles. The maximum atomic E-state index is 4.72. The number of hydrogen-bond acceptors (Lipinski definition) is 4. The number of aryl methyl sites for hydroxylation is 2. The summed E-state index contributed by atoms with van der Waals surface area (Å²) in [6.07, 6.45) is 6.57. The molecule has 0 radical (unpaired) electrons. The molecule has 2 bridgehead atoms. The molecule has 0 amide bonds. The largest absolute Gasteiger partial charge is 0.297 e. The van der Waals surface area contributed by atoms with Gasteiger partial charge in [-0.25, -0.2) is 0 Å². The summed E-state index contributed by atoms with van der Waals surface area (Å²) in [5.74, 6) is 0.784. The molecule has 0 aliphatic carbocycles. The van der Waals surface area contributed by atoms with Gasteiger partial charge in [0.05, 0.1) is 5.69 Å². The van der Waals surface area contributed by atoms with Crippen LogP contribution in [-0.2, 0) is 19.6 Å². The Labute approximate surface area is 157 Å². The minimum atomic E-state index is 0.661. The fourth-order valence-corrected chi connectivity index (χ4v) is 4.82. The van der Waals surface area contributed by atoms with Gasteiger partial charge < -0.3 is 0 Å². The lowest BCUT2D eigenvalue weighted by Gasteiger charge is -2.36. The highest BCUT2D eigenvalue weighted by molar-refractivity contribution is 5.24. The molecule has 3 aliphatic heterocycles.